The number of nitrogens with one attached hydrogen (secondary N) is 1. The van der Waals surface area contributed by atoms with Gasteiger partial charge in [0.2, 0.25) is 0 Å². The molecular formula is C17H20FN3O2. The smallest absolute Gasteiger partial charge is 0.415 e. The Morgan fingerprint density at radius 3 is 2.74 bits per heavy atom. The van der Waals surface area contributed by atoms with E-state index in [0.29, 0.717) is 24.8 Å². The summed E-state index contributed by atoms with van der Waals surface area (Å²) in [5.41, 5.74) is 0.913. The van der Waals surface area contributed by atoms with Crippen molar-refractivity contribution in [3.05, 3.63) is 60.2 Å². The summed E-state index contributed by atoms with van der Waals surface area (Å²) in [5, 5.41) is 3.13. The molecule has 1 aromatic rings. The first-order valence-corrected chi connectivity index (χ1v) is 7.38. The third-order valence-corrected chi connectivity index (χ3v) is 3.36. The van der Waals surface area contributed by atoms with Gasteiger partial charge in [-0.05, 0) is 37.6 Å². The molecule has 6 heteroatoms. The summed E-state index contributed by atoms with van der Waals surface area (Å²) in [5.74, 6) is 0.606. The first-order valence-electron chi connectivity index (χ1n) is 7.38. The number of rotatable bonds is 5. The highest BCUT2D eigenvalue weighted by atomic mass is 19.1. The van der Waals surface area contributed by atoms with Crippen LogP contribution < -0.4 is 5.32 Å². The lowest BCUT2D eigenvalue weighted by molar-refractivity contribution is 0.168. The summed E-state index contributed by atoms with van der Waals surface area (Å²) in [4.78, 5) is 17.5. The summed E-state index contributed by atoms with van der Waals surface area (Å²) in [6.45, 7) is 8.45. The van der Waals surface area contributed by atoms with E-state index in [-0.39, 0.29) is 11.9 Å². The van der Waals surface area contributed by atoms with Gasteiger partial charge in [0.1, 0.15) is 24.1 Å². The summed E-state index contributed by atoms with van der Waals surface area (Å²) in [6, 6.07) is 6.13. The van der Waals surface area contributed by atoms with Crippen molar-refractivity contribution in [2.24, 2.45) is 4.99 Å². The van der Waals surface area contributed by atoms with Crippen molar-refractivity contribution in [2.45, 2.75) is 19.9 Å². The maximum Gasteiger partial charge on any atom is 0.415 e. The van der Waals surface area contributed by atoms with Crippen molar-refractivity contribution in [1.29, 1.82) is 0 Å². The third kappa shape index (κ3) is 4.42. The quantitative estimate of drug-likeness (QED) is 0.669. The van der Waals surface area contributed by atoms with Gasteiger partial charge in [0.25, 0.3) is 0 Å². The Balaban J connectivity index is 2.08. The van der Waals surface area contributed by atoms with Crippen LogP contribution in [0.1, 0.15) is 25.5 Å². The number of nitrogens with zero attached hydrogens (tertiary/aromatic N) is 2. The highest BCUT2D eigenvalue weighted by Crippen LogP contribution is 2.15. The molecule has 1 aliphatic rings. The molecule has 1 saturated heterocycles. The largest absolute Gasteiger partial charge is 0.447 e. The van der Waals surface area contributed by atoms with E-state index in [9.17, 15) is 9.18 Å². The predicted molar refractivity (Wildman–Crippen MR) is 87.4 cm³/mol. The average Bonchev–Trinajstić information content (AvgIpc) is 2.93. The molecule has 1 aromatic carbocycles. The summed E-state index contributed by atoms with van der Waals surface area (Å²) in [6.07, 6.45) is 3.10. The van der Waals surface area contributed by atoms with Gasteiger partial charge in [-0.15, -0.1) is 0 Å². The fourth-order valence-corrected chi connectivity index (χ4v) is 2.19. The van der Waals surface area contributed by atoms with Gasteiger partial charge < -0.3 is 10.1 Å². The number of benzene rings is 1. The zero-order valence-electron chi connectivity index (χ0n) is 13.3. The van der Waals surface area contributed by atoms with Crippen molar-refractivity contribution in [3.8, 4) is 0 Å². The van der Waals surface area contributed by atoms with Crippen LogP contribution >= 0.6 is 0 Å². The number of hydrogen-bond donors (Lipinski definition) is 1. The second-order valence-corrected chi connectivity index (χ2v) is 5.10. The number of aliphatic imine (C=N–C) groups is 1. The van der Waals surface area contributed by atoms with Crippen LogP contribution in [0.2, 0.25) is 0 Å². The molecule has 0 aliphatic carbocycles. The fourth-order valence-electron chi connectivity index (χ4n) is 2.19. The van der Waals surface area contributed by atoms with Crippen LogP contribution in [0.3, 0.4) is 0 Å². The third-order valence-electron chi connectivity index (χ3n) is 3.36. The minimum atomic E-state index is -0.416. The molecular weight excluding hydrogens is 297 g/mol. The Labute approximate surface area is 135 Å². The molecule has 1 atom stereocenters. The monoisotopic (exact) mass is 317 g/mol. The maximum atomic E-state index is 13.0. The minimum Gasteiger partial charge on any atom is -0.447 e. The zero-order valence-corrected chi connectivity index (χ0v) is 13.3. The molecule has 0 radical (unpaired) electrons. The first-order chi connectivity index (χ1) is 11.0. The number of ether oxygens (including phenoxy) is 1. The molecule has 5 nitrogen and oxygen atoms in total. The van der Waals surface area contributed by atoms with Crippen LogP contribution in [0.5, 0.6) is 0 Å². The molecule has 1 aliphatic heterocycles. The van der Waals surface area contributed by atoms with Crippen LogP contribution in [0.25, 0.3) is 0 Å². The van der Waals surface area contributed by atoms with Crippen LogP contribution in [-0.4, -0.2) is 30.0 Å². The van der Waals surface area contributed by atoms with Crippen LogP contribution in [0, 0.1) is 5.82 Å². The van der Waals surface area contributed by atoms with Gasteiger partial charge in [0.15, 0.2) is 0 Å². The lowest BCUT2D eigenvalue weighted by atomic mass is 10.1. The van der Waals surface area contributed by atoms with E-state index >= 15 is 0 Å². The van der Waals surface area contributed by atoms with Gasteiger partial charge >= 0.3 is 6.09 Å². The van der Waals surface area contributed by atoms with Gasteiger partial charge in [0, 0.05) is 6.04 Å². The molecule has 0 spiro atoms. The summed E-state index contributed by atoms with van der Waals surface area (Å²) >= 11 is 0. The molecule has 0 unspecified atom stereocenters. The molecule has 1 fully saturated rings. The molecule has 122 valence electrons. The first kappa shape index (κ1) is 16.7. The molecule has 23 heavy (non-hydrogen) atoms. The summed E-state index contributed by atoms with van der Waals surface area (Å²) in [7, 11) is 0. The molecule has 1 amide bonds. The normalized spacial score (nSPS) is 16.6. The molecule has 0 aromatic heterocycles. The number of cyclic esters (lactones) is 1. The molecule has 1 heterocycles. The Hall–Kier alpha value is -2.63. The van der Waals surface area contributed by atoms with Gasteiger partial charge in [-0.1, -0.05) is 24.8 Å². The number of amides is 1. The van der Waals surface area contributed by atoms with E-state index < -0.39 is 6.09 Å². The zero-order chi connectivity index (χ0) is 16.8. The highest BCUT2D eigenvalue weighted by molar-refractivity contribution is 6.03. The fraction of sp³-hybridized carbons (Fsp3) is 0.294. The van der Waals surface area contributed by atoms with Gasteiger partial charge in [-0.3, -0.25) is 4.90 Å². The van der Waals surface area contributed by atoms with Crippen molar-refractivity contribution < 1.29 is 13.9 Å². The standard InChI is InChI=1S/C17H20FN3O2/c1-4-5-16(21-10-11-23-17(21)22)20-13(3)19-12(2)14-6-8-15(18)9-7-14/h4-9,12,19H,3,10-11H2,1-2H3/b5-4-,20-16?/t12-/m1/s1. The lowest BCUT2D eigenvalue weighted by Gasteiger charge is -2.17. The minimum absolute atomic E-state index is 0.0933. The average molecular weight is 317 g/mol. The van der Waals surface area contributed by atoms with Crippen LogP contribution in [0.4, 0.5) is 9.18 Å². The Morgan fingerprint density at radius 2 is 2.17 bits per heavy atom. The van der Waals surface area contributed by atoms with E-state index in [1.807, 2.05) is 13.8 Å². The van der Waals surface area contributed by atoms with Crippen molar-refractivity contribution >= 4 is 11.9 Å². The number of carbonyl (C=O) groups is 1. The Kier molecular flexibility index (Phi) is 5.51. The topological polar surface area (TPSA) is 53.9 Å². The van der Waals surface area contributed by atoms with E-state index in [4.69, 9.17) is 4.74 Å². The van der Waals surface area contributed by atoms with Gasteiger partial charge in [-0.2, -0.15) is 0 Å². The Bertz CT molecular complexity index is 638. The molecule has 0 bridgehead atoms. The predicted octanol–water partition coefficient (Wildman–Crippen LogP) is 3.37. The number of halogens is 1. The van der Waals surface area contributed by atoms with Crippen LogP contribution in [-0.2, 0) is 4.74 Å². The SMILES string of the molecule is C=C(N=C(/C=C\C)N1CCOC1=O)N[C@H](C)c1ccc(F)cc1. The second-order valence-electron chi connectivity index (χ2n) is 5.10. The highest BCUT2D eigenvalue weighted by Gasteiger charge is 2.25. The van der Waals surface area contributed by atoms with Gasteiger partial charge in [-0.25, -0.2) is 14.2 Å². The Morgan fingerprint density at radius 1 is 1.48 bits per heavy atom. The van der Waals surface area contributed by atoms with E-state index in [2.05, 4.69) is 16.9 Å². The van der Waals surface area contributed by atoms with E-state index in [0.717, 1.165) is 5.56 Å². The van der Waals surface area contributed by atoms with E-state index in [1.165, 1.54) is 17.0 Å². The van der Waals surface area contributed by atoms with Gasteiger partial charge in [0.05, 0.1) is 6.54 Å². The van der Waals surface area contributed by atoms with Crippen molar-refractivity contribution in [1.82, 2.24) is 10.2 Å². The summed E-state index contributed by atoms with van der Waals surface area (Å²) < 4.78 is 17.9. The van der Waals surface area contributed by atoms with E-state index in [1.54, 1.807) is 24.3 Å². The number of hydrogen-bond acceptors (Lipinski definition) is 4. The molecule has 0 saturated carbocycles. The molecule has 1 N–H and O–H groups in total. The number of carbonyl (C=O) groups excluding carboxylic acids is 1. The van der Waals surface area contributed by atoms with Crippen molar-refractivity contribution in [2.75, 3.05) is 13.2 Å². The van der Waals surface area contributed by atoms with Crippen molar-refractivity contribution in [3.63, 3.8) is 0 Å². The maximum absolute atomic E-state index is 13.0. The lowest BCUT2D eigenvalue weighted by Crippen LogP contribution is -2.31. The number of allylic oxidation sites excluding steroid dienone is 1. The number of amidine groups is 1. The second kappa shape index (κ2) is 7.58. The van der Waals surface area contributed by atoms with Crippen LogP contribution in [0.15, 0.2) is 53.8 Å². The molecule has 2 rings (SSSR count).